The van der Waals surface area contributed by atoms with Gasteiger partial charge >= 0.3 is 0 Å². The van der Waals surface area contributed by atoms with Crippen molar-refractivity contribution in [3.63, 3.8) is 0 Å². The van der Waals surface area contributed by atoms with Crippen LogP contribution in [0.1, 0.15) is 17.4 Å². The molecule has 21 heavy (non-hydrogen) atoms. The molecule has 0 aliphatic heterocycles. The molecule has 0 aliphatic rings. The van der Waals surface area contributed by atoms with Gasteiger partial charge < -0.3 is 14.3 Å². The van der Waals surface area contributed by atoms with E-state index in [1.165, 1.54) is 0 Å². The Morgan fingerprint density at radius 1 is 1.19 bits per heavy atom. The Labute approximate surface area is 131 Å². The van der Waals surface area contributed by atoms with Crippen LogP contribution in [0.2, 0.25) is 0 Å². The van der Waals surface area contributed by atoms with Crippen molar-refractivity contribution in [1.82, 2.24) is 0 Å². The van der Waals surface area contributed by atoms with Gasteiger partial charge in [-0.25, -0.2) is 0 Å². The molecule has 0 radical (unpaired) electrons. The molecule has 3 aromatic rings. The fraction of sp³-hybridized carbons (Fsp3) is 0.176. The normalized spacial score (nSPS) is 12.5. The van der Waals surface area contributed by atoms with Gasteiger partial charge in [-0.1, -0.05) is 34.1 Å². The first-order chi connectivity index (χ1) is 10.2. The Balaban J connectivity index is 1.87. The van der Waals surface area contributed by atoms with Crippen molar-refractivity contribution in [2.75, 3.05) is 7.11 Å². The number of aliphatic hydroxyl groups is 1. The number of para-hydroxylation sites is 1. The summed E-state index contributed by atoms with van der Waals surface area (Å²) in [7, 11) is 1.63. The molecular weight excluding hydrogens is 332 g/mol. The van der Waals surface area contributed by atoms with Crippen LogP contribution in [0.3, 0.4) is 0 Å². The maximum Gasteiger partial charge on any atom is 0.134 e. The highest BCUT2D eigenvalue weighted by atomic mass is 79.9. The summed E-state index contributed by atoms with van der Waals surface area (Å²) in [5.41, 5.74) is 1.76. The topological polar surface area (TPSA) is 42.6 Å². The van der Waals surface area contributed by atoms with Crippen molar-refractivity contribution in [2.45, 2.75) is 12.5 Å². The Kier molecular flexibility index (Phi) is 3.99. The quantitative estimate of drug-likeness (QED) is 0.757. The molecule has 0 spiro atoms. The minimum absolute atomic E-state index is 0.456. The van der Waals surface area contributed by atoms with Crippen LogP contribution in [-0.2, 0) is 6.42 Å². The van der Waals surface area contributed by atoms with Crippen LogP contribution < -0.4 is 4.74 Å². The second kappa shape index (κ2) is 5.92. The molecule has 1 aromatic heterocycles. The van der Waals surface area contributed by atoms with Gasteiger partial charge in [-0.15, -0.1) is 0 Å². The second-order valence-corrected chi connectivity index (χ2v) is 5.72. The average Bonchev–Trinajstić information content (AvgIpc) is 2.93. The lowest BCUT2D eigenvalue weighted by Gasteiger charge is -2.11. The summed E-state index contributed by atoms with van der Waals surface area (Å²) < 4.78 is 11.9. The first-order valence-corrected chi connectivity index (χ1v) is 7.45. The molecule has 4 heteroatoms. The number of ether oxygens (including phenoxy) is 1. The molecule has 0 amide bonds. The largest absolute Gasteiger partial charge is 0.497 e. The van der Waals surface area contributed by atoms with Crippen molar-refractivity contribution in [1.29, 1.82) is 0 Å². The van der Waals surface area contributed by atoms with Gasteiger partial charge in [0.25, 0.3) is 0 Å². The van der Waals surface area contributed by atoms with Gasteiger partial charge in [0.1, 0.15) is 23.2 Å². The van der Waals surface area contributed by atoms with E-state index in [0.717, 1.165) is 26.8 Å². The van der Waals surface area contributed by atoms with Crippen LogP contribution in [0.25, 0.3) is 11.0 Å². The first kappa shape index (κ1) is 14.2. The molecule has 2 aromatic carbocycles. The Hall–Kier alpha value is -1.78. The van der Waals surface area contributed by atoms with E-state index in [0.29, 0.717) is 12.2 Å². The maximum atomic E-state index is 10.4. The Bertz CT molecular complexity index is 731. The predicted molar refractivity (Wildman–Crippen MR) is 85.6 cm³/mol. The van der Waals surface area contributed by atoms with Crippen molar-refractivity contribution in [3.8, 4) is 5.75 Å². The number of methoxy groups -OCH3 is 1. The minimum Gasteiger partial charge on any atom is -0.497 e. The van der Waals surface area contributed by atoms with E-state index in [1.807, 2.05) is 48.5 Å². The summed E-state index contributed by atoms with van der Waals surface area (Å²) in [4.78, 5) is 0. The molecule has 3 rings (SSSR count). The SMILES string of the molecule is COc1ccc(Br)c(CC(O)c2cc3ccccc3o2)c1. The molecule has 0 saturated heterocycles. The Morgan fingerprint density at radius 2 is 2.00 bits per heavy atom. The van der Waals surface area contributed by atoms with Crippen LogP contribution >= 0.6 is 15.9 Å². The zero-order chi connectivity index (χ0) is 14.8. The highest BCUT2D eigenvalue weighted by molar-refractivity contribution is 9.10. The maximum absolute atomic E-state index is 10.4. The molecule has 1 N–H and O–H groups in total. The van der Waals surface area contributed by atoms with E-state index >= 15 is 0 Å². The van der Waals surface area contributed by atoms with Crippen molar-refractivity contribution in [3.05, 3.63) is 64.3 Å². The fourth-order valence-corrected chi connectivity index (χ4v) is 2.72. The number of rotatable bonds is 4. The summed E-state index contributed by atoms with van der Waals surface area (Å²) in [5.74, 6) is 1.34. The van der Waals surface area contributed by atoms with Crippen molar-refractivity contribution >= 4 is 26.9 Å². The van der Waals surface area contributed by atoms with Gasteiger partial charge in [0.05, 0.1) is 7.11 Å². The molecule has 0 saturated carbocycles. The lowest BCUT2D eigenvalue weighted by molar-refractivity contribution is 0.152. The van der Waals surface area contributed by atoms with E-state index < -0.39 is 6.10 Å². The third-order valence-corrected chi connectivity index (χ3v) is 4.21. The monoisotopic (exact) mass is 346 g/mol. The van der Waals surface area contributed by atoms with Crippen LogP contribution in [0.4, 0.5) is 0 Å². The Morgan fingerprint density at radius 3 is 2.76 bits per heavy atom. The zero-order valence-electron chi connectivity index (χ0n) is 11.5. The van der Waals surface area contributed by atoms with Gasteiger partial charge in [-0.05, 0) is 35.9 Å². The van der Waals surface area contributed by atoms with Gasteiger partial charge in [-0.3, -0.25) is 0 Å². The van der Waals surface area contributed by atoms with Crippen molar-refractivity contribution in [2.24, 2.45) is 0 Å². The number of hydrogen-bond acceptors (Lipinski definition) is 3. The summed E-state index contributed by atoms with van der Waals surface area (Å²) in [6.07, 6.45) is -0.238. The fourth-order valence-electron chi connectivity index (χ4n) is 2.31. The lowest BCUT2D eigenvalue weighted by atomic mass is 10.1. The van der Waals surface area contributed by atoms with Gasteiger partial charge in [0.15, 0.2) is 0 Å². The molecule has 3 nitrogen and oxygen atoms in total. The third kappa shape index (κ3) is 2.96. The minimum atomic E-state index is -0.694. The number of aliphatic hydroxyl groups excluding tert-OH is 1. The molecule has 0 bridgehead atoms. The molecule has 1 atom stereocenters. The number of furan rings is 1. The summed E-state index contributed by atoms with van der Waals surface area (Å²) in [5, 5.41) is 11.4. The summed E-state index contributed by atoms with van der Waals surface area (Å²) >= 11 is 3.50. The van der Waals surface area contributed by atoms with E-state index in [-0.39, 0.29) is 0 Å². The first-order valence-electron chi connectivity index (χ1n) is 6.66. The zero-order valence-corrected chi connectivity index (χ0v) is 13.1. The number of fused-ring (bicyclic) bond motifs is 1. The number of hydrogen-bond donors (Lipinski definition) is 1. The third-order valence-electron chi connectivity index (χ3n) is 3.44. The average molecular weight is 347 g/mol. The van der Waals surface area contributed by atoms with Gasteiger partial charge in [0, 0.05) is 16.3 Å². The number of benzene rings is 2. The van der Waals surface area contributed by atoms with E-state index in [1.54, 1.807) is 7.11 Å². The molecule has 108 valence electrons. The van der Waals surface area contributed by atoms with Crippen LogP contribution in [0.5, 0.6) is 5.75 Å². The van der Waals surface area contributed by atoms with Gasteiger partial charge in [-0.2, -0.15) is 0 Å². The second-order valence-electron chi connectivity index (χ2n) is 4.86. The van der Waals surface area contributed by atoms with E-state index in [4.69, 9.17) is 9.15 Å². The molecule has 0 aliphatic carbocycles. The smallest absolute Gasteiger partial charge is 0.134 e. The molecular formula is C17H15BrO3. The van der Waals surface area contributed by atoms with Crippen molar-refractivity contribution < 1.29 is 14.3 Å². The van der Waals surface area contributed by atoms with Crippen LogP contribution in [0.15, 0.2) is 57.4 Å². The van der Waals surface area contributed by atoms with Crippen LogP contribution in [0, 0.1) is 0 Å². The predicted octanol–water partition coefficient (Wildman–Crippen LogP) is 4.48. The number of halogens is 1. The van der Waals surface area contributed by atoms with Gasteiger partial charge in [0.2, 0.25) is 0 Å². The molecule has 1 heterocycles. The summed E-state index contributed by atoms with van der Waals surface area (Å²) in [6.45, 7) is 0. The molecule has 0 fully saturated rings. The standard InChI is InChI=1S/C17H15BrO3/c1-20-13-6-7-14(18)12(8-13)9-15(19)17-10-11-4-2-3-5-16(11)21-17/h2-8,10,15,19H,9H2,1H3. The highest BCUT2D eigenvalue weighted by Gasteiger charge is 2.16. The van der Waals surface area contributed by atoms with Crippen LogP contribution in [-0.4, -0.2) is 12.2 Å². The van der Waals surface area contributed by atoms with E-state index in [9.17, 15) is 5.11 Å². The van der Waals surface area contributed by atoms with E-state index in [2.05, 4.69) is 15.9 Å². The summed E-state index contributed by atoms with van der Waals surface area (Å²) in [6, 6.07) is 15.3. The molecule has 1 unspecified atom stereocenters. The lowest BCUT2D eigenvalue weighted by Crippen LogP contribution is -2.01. The highest BCUT2D eigenvalue weighted by Crippen LogP contribution is 2.30.